The normalized spacial score (nSPS) is 15.6. The van der Waals surface area contributed by atoms with Gasteiger partial charge in [-0.2, -0.15) is 0 Å². The number of hydrogen-bond donors (Lipinski definition) is 1. The Morgan fingerprint density at radius 1 is 1.00 bits per heavy atom. The number of rotatable bonds is 7. The minimum absolute atomic E-state index is 0.0965. The van der Waals surface area contributed by atoms with Crippen molar-refractivity contribution in [1.82, 2.24) is 4.90 Å². The lowest BCUT2D eigenvalue weighted by atomic mass is 9.87. The minimum atomic E-state index is -0.890. The Morgan fingerprint density at radius 3 is 2.31 bits per heavy atom. The average molecular weight is 552 g/mol. The molecule has 3 aromatic rings. The predicted molar refractivity (Wildman–Crippen MR) is 149 cm³/mol. The van der Waals surface area contributed by atoms with Crippen molar-refractivity contribution < 1.29 is 28.9 Å². The number of fused-ring (bicyclic) bond motifs is 1. The molecule has 0 saturated carbocycles. The molecule has 0 spiro atoms. The molecule has 0 aliphatic heterocycles. The van der Waals surface area contributed by atoms with Crippen LogP contribution >= 0.6 is 11.6 Å². The second-order valence-corrected chi connectivity index (χ2v) is 11.1. The smallest absolute Gasteiger partial charge is 0.410 e. The van der Waals surface area contributed by atoms with Crippen molar-refractivity contribution in [3.63, 3.8) is 0 Å². The molecule has 0 radical (unpaired) electrons. The summed E-state index contributed by atoms with van der Waals surface area (Å²) in [6, 6.07) is 19.5. The molecule has 1 amide bonds. The molecule has 1 N–H and O–H groups in total. The van der Waals surface area contributed by atoms with Crippen LogP contribution < -0.4 is 4.74 Å². The van der Waals surface area contributed by atoms with E-state index < -0.39 is 23.8 Å². The number of halogens is 1. The highest BCUT2D eigenvalue weighted by Crippen LogP contribution is 2.32. The third kappa shape index (κ3) is 7.52. The number of aliphatic hydroxyl groups excluding tert-OH is 1. The molecule has 0 aromatic heterocycles. The van der Waals surface area contributed by atoms with E-state index in [4.69, 9.17) is 25.8 Å². The zero-order valence-electron chi connectivity index (χ0n) is 22.6. The van der Waals surface area contributed by atoms with Gasteiger partial charge in [-0.15, -0.1) is 0 Å². The fraction of sp³-hybridized carbons (Fsp3) is 0.355. The van der Waals surface area contributed by atoms with Gasteiger partial charge < -0.3 is 24.2 Å². The summed E-state index contributed by atoms with van der Waals surface area (Å²) in [4.78, 5) is 26.6. The average Bonchev–Trinajstić information content (AvgIpc) is 2.90. The van der Waals surface area contributed by atoms with E-state index in [0.29, 0.717) is 34.1 Å². The van der Waals surface area contributed by atoms with Crippen LogP contribution in [-0.4, -0.2) is 47.4 Å². The van der Waals surface area contributed by atoms with Crippen molar-refractivity contribution in [2.24, 2.45) is 0 Å². The molecule has 0 unspecified atom stereocenters. The Kier molecular flexibility index (Phi) is 8.83. The van der Waals surface area contributed by atoms with Gasteiger partial charge in [0.1, 0.15) is 17.1 Å². The molecule has 206 valence electrons. The van der Waals surface area contributed by atoms with Crippen molar-refractivity contribution >= 4 is 23.7 Å². The van der Waals surface area contributed by atoms with E-state index in [1.807, 2.05) is 39.0 Å². The minimum Gasteiger partial charge on any atom is -0.465 e. The van der Waals surface area contributed by atoms with E-state index in [1.54, 1.807) is 53.4 Å². The molecule has 8 heteroatoms. The molecule has 3 aromatic carbocycles. The Morgan fingerprint density at radius 2 is 1.67 bits per heavy atom. The van der Waals surface area contributed by atoms with Crippen molar-refractivity contribution in [2.45, 2.75) is 57.8 Å². The number of aliphatic hydroxyl groups is 1. The number of ether oxygens (including phenoxy) is 3. The van der Waals surface area contributed by atoms with Crippen LogP contribution in [0.25, 0.3) is 0 Å². The van der Waals surface area contributed by atoms with Crippen molar-refractivity contribution in [1.29, 1.82) is 0 Å². The van der Waals surface area contributed by atoms with Crippen molar-refractivity contribution in [2.75, 3.05) is 13.7 Å². The fourth-order valence-corrected chi connectivity index (χ4v) is 4.75. The second-order valence-electron chi connectivity index (χ2n) is 10.6. The number of nitrogens with zero attached hydrogens (tertiary/aromatic N) is 1. The van der Waals surface area contributed by atoms with Crippen LogP contribution in [-0.2, 0) is 22.3 Å². The van der Waals surface area contributed by atoms with Gasteiger partial charge in [-0.1, -0.05) is 29.8 Å². The lowest BCUT2D eigenvalue weighted by Gasteiger charge is -2.37. The highest BCUT2D eigenvalue weighted by Gasteiger charge is 2.33. The first kappa shape index (κ1) is 28.5. The van der Waals surface area contributed by atoms with Crippen LogP contribution in [0.15, 0.2) is 66.7 Å². The topological polar surface area (TPSA) is 85.3 Å². The van der Waals surface area contributed by atoms with Gasteiger partial charge in [-0.25, -0.2) is 9.59 Å². The van der Waals surface area contributed by atoms with Gasteiger partial charge in [0, 0.05) is 11.1 Å². The van der Waals surface area contributed by atoms with Crippen LogP contribution in [0.2, 0.25) is 5.02 Å². The molecule has 39 heavy (non-hydrogen) atoms. The standard InChI is InChI=1S/C31H34ClNO6/c1-31(2,3)39-30(36)33(19-28(34)21-5-11-24(32)12-6-21)25-13-7-20-8-16-27(18-23(20)17-25)38-26-14-9-22(10-15-26)29(35)37-4/h5-6,8-12,14-16,18,25,28,34H,7,13,17,19H2,1-4H3/t25-,28-/m0/s1. The highest BCUT2D eigenvalue weighted by molar-refractivity contribution is 6.30. The van der Waals surface area contributed by atoms with Gasteiger partial charge in [0.05, 0.1) is 25.3 Å². The maximum Gasteiger partial charge on any atom is 0.410 e. The van der Waals surface area contributed by atoms with E-state index in [0.717, 1.165) is 18.4 Å². The molecular weight excluding hydrogens is 518 g/mol. The molecule has 0 fully saturated rings. The maximum absolute atomic E-state index is 13.3. The number of benzene rings is 3. The van der Waals surface area contributed by atoms with Crippen molar-refractivity contribution in [3.05, 3.63) is 94.0 Å². The van der Waals surface area contributed by atoms with Gasteiger partial charge >= 0.3 is 12.1 Å². The molecule has 2 atom stereocenters. The second kappa shape index (κ2) is 12.1. The summed E-state index contributed by atoms with van der Waals surface area (Å²) in [5, 5.41) is 11.6. The lowest BCUT2D eigenvalue weighted by molar-refractivity contribution is 0.00194. The summed E-state index contributed by atoms with van der Waals surface area (Å²) in [7, 11) is 1.34. The Balaban J connectivity index is 1.52. The van der Waals surface area contributed by atoms with E-state index in [9.17, 15) is 14.7 Å². The number of esters is 1. The molecule has 0 bridgehead atoms. The van der Waals surface area contributed by atoms with Gasteiger partial charge in [0.25, 0.3) is 0 Å². The summed E-state index contributed by atoms with van der Waals surface area (Å²) in [5.74, 6) is 0.846. The number of methoxy groups -OCH3 is 1. The molecule has 0 heterocycles. The first-order valence-corrected chi connectivity index (χ1v) is 13.3. The number of hydrogen-bond acceptors (Lipinski definition) is 6. The first-order valence-electron chi connectivity index (χ1n) is 12.9. The molecule has 1 aliphatic carbocycles. The van der Waals surface area contributed by atoms with Crippen LogP contribution in [0, 0.1) is 0 Å². The lowest BCUT2D eigenvalue weighted by Crippen LogP contribution is -2.47. The van der Waals surface area contributed by atoms with Crippen LogP contribution in [0.5, 0.6) is 11.5 Å². The Hall–Kier alpha value is -3.55. The number of carbonyl (C=O) groups is 2. The van der Waals surface area contributed by atoms with E-state index in [-0.39, 0.29) is 12.6 Å². The molecular formula is C31H34ClNO6. The zero-order chi connectivity index (χ0) is 28.2. The maximum atomic E-state index is 13.3. The van der Waals surface area contributed by atoms with Crippen LogP contribution in [0.4, 0.5) is 4.79 Å². The van der Waals surface area contributed by atoms with Gasteiger partial charge in [0.15, 0.2) is 0 Å². The highest BCUT2D eigenvalue weighted by atomic mass is 35.5. The Bertz CT molecular complexity index is 1300. The summed E-state index contributed by atoms with van der Waals surface area (Å²) in [6.45, 7) is 5.59. The number of amides is 1. The number of carbonyl (C=O) groups excluding carboxylic acids is 2. The third-order valence-electron chi connectivity index (χ3n) is 6.58. The SMILES string of the molecule is COC(=O)c1ccc(Oc2ccc3c(c2)C[C@@H](N(C[C@H](O)c2ccc(Cl)cc2)C(=O)OC(C)(C)C)CC3)cc1. The molecule has 0 saturated heterocycles. The van der Waals surface area contributed by atoms with Crippen molar-refractivity contribution in [3.8, 4) is 11.5 Å². The third-order valence-corrected chi connectivity index (χ3v) is 6.84. The summed E-state index contributed by atoms with van der Waals surface area (Å²) < 4.78 is 16.5. The largest absolute Gasteiger partial charge is 0.465 e. The van der Waals surface area contributed by atoms with Gasteiger partial charge in [-0.3, -0.25) is 0 Å². The van der Waals surface area contributed by atoms with E-state index >= 15 is 0 Å². The van der Waals surface area contributed by atoms with Gasteiger partial charge in [-0.05, 0) is 105 Å². The van der Waals surface area contributed by atoms with E-state index in [2.05, 4.69) is 0 Å². The van der Waals surface area contributed by atoms with Gasteiger partial charge in [0.2, 0.25) is 0 Å². The quantitative estimate of drug-likeness (QED) is 0.327. The number of aryl methyl sites for hydroxylation is 1. The first-order chi connectivity index (χ1) is 18.5. The molecule has 4 rings (SSSR count). The summed E-state index contributed by atoms with van der Waals surface area (Å²) in [6.07, 6.45) is 0.778. The summed E-state index contributed by atoms with van der Waals surface area (Å²) >= 11 is 6.01. The zero-order valence-corrected chi connectivity index (χ0v) is 23.4. The summed E-state index contributed by atoms with van der Waals surface area (Å²) in [5.41, 5.74) is 2.73. The molecule has 7 nitrogen and oxygen atoms in total. The Labute approximate surface area is 234 Å². The van der Waals surface area contributed by atoms with Crippen LogP contribution in [0.3, 0.4) is 0 Å². The van der Waals surface area contributed by atoms with E-state index in [1.165, 1.54) is 12.7 Å². The van der Waals surface area contributed by atoms with Crippen LogP contribution in [0.1, 0.15) is 60.3 Å². The predicted octanol–water partition coefficient (Wildman–Crippen LogP) is 6.75. The monoisotopic (exact) mass is 551 g/mol. The molecule has 1 aliphatic rings. The fourth-order valence-electron chi connectivity index (χ4n) is 4.63.